The van der Waals surface area contributed by atoms with Crippen molar-refractivity contribution in [1.29, 1.82) is 0 Å². The number of carbonyl (C=O) groups excluding carboxylic acids is 1. The van der Waals surface area contributed by atoms with E-state index in [0.29, 0.717) is 11.1 Å². The van der Waals surface area contributed by atoms with Crippen LogP contribution >= 0.6 is 27.3 Å². The van der Waals surface area contributed by atoms with E-state index in [4.69, 9.17) is 0 Å². The molecule has 0 atom stereocenters. The molecule has 3 aromatic rings. The van der Waals surface area contributed by atoms with Crippen LogP contribution in [0.25, 0.3) is 11.6 Å². The lowest BCUT2D eigenvalue weighted by Crippen LogP contribution is -2.02. The third-order valence-electron chi connectivity index (χ3n) is 3.27. The fraction of sp³-hybridized carbons (Fsp3) is 0. The smallest absolute Gasteiger partial charge is 0.193 e. The fourth-order valence-electron chi connectivity index (χ4n) is 2.17. The van der Waals surface area contributed by atoms with Gasteiger partial charge in [0.25, 0.3) is 0 Å². The highest BCUT2D eigenvalue weighted by Crippen LogP contribution is 2.26. The number of halogens is 1. The van der Waals surface area contributed by atoms with Gasteiger partial charge in [-0.3, -0.25) is 4.79 Å². The summed E-state index contributed by atoms with van der Waals surface area (Å²) in [5, 5.41) is 2.01. The number of thiophene rings is 1. The summed E-state index contributed by atoms with van der Waals surface area (Å²) in [7, 11) is 0. The molecule has 0 unspecified atom stereocenters. The van der Waals surface area contributed by atoms with Crippen LogP contribution in [0.2, 0.25) is 0 Å². The minimum Gasteiger partial charge on any atom is -0.289 e. The first-order valence-corrected chi connectivity index (χ1v) is 8.52. The Labute approximate surface area is 142 Å². The molecule has 2 aromatic carbocycles. The summed E-state index contributed by atoms with van der Waals surface area (Å²) in [4.78, 5) is 14.0. The van der Waals surface area contributed by atoms with E-state index in [1.165, 1.54) is 0 Å². The molecule has 108 valence electrons. The van der Waals surface area contributed by atoms with E-state index in [9.17, 15) is 4.79 Å². The van der Waals surface area contributed by atoms with E-state index in [2.05, 4.69) is 15.9 Å². The van der Waals surface area contributed by atoms with Crippen molar-refractivity contribution in [3.05, 3.63) is 92.6 Å². The largest absolute Gasteiger partial charge is 0.289 e. The summed E-state index contributed by atoms with van der Waals surface area (Å²) < 4.78 is 0.999. The van der Waals surface area contributed by atoms with Crippen LogP contribution in [0.15, 0.2) is 76.6 Å². The predicted octanol–water partition coefficient (Wildman–Crippen LogP) is 5.93. The van der Waals surface area contributed by atoms with Gasteiger partial charge in [-0.2, -0.15) is 0 Å². The van der Waals surface area contributed by atoms with Gasteiger partial charge in [-0.25, -0.2) is 0 Å². The quantitative estimate of drug-likeness (QED) is 0.411. The molecule has 3 heteroatoms. The first-order chi connectivity index (χ1) is 10.7. The average molecular weight is 369 g/mol. The second kappa shape index (κ2) is 6.86. The van der Waals surface area contributed by atoms with E-state index in [1.54, 1.807) is 11.3 Å². The number of benzene rings is 2. The van der Waals surface area contributed by atoms with E-state index in [0.717, 1.165) is 14.9 Å². The molecule has 1 nitrogen and oxygen atoms in total. The second-order valence-electron chi connectivity index (χ2n) is 4.78. The van der Waals surface area contributed by atoms with Gasteiger partial charge in [0.2, 0.25) is 0 Å². The third kappa shape index (κ3) is 3.43. The molecule has 22 heavy (non-hydrogen) atoms. The standard InChI is InChI=1S/C19H13BrOS/c20-16-10-8-14(9-11-16)18(13-17-7-4-12-22-17)19(21)15-5-2-1-3-6-15/h1-13H/b18-13+. The van der Waals surface area contributed by atoms with Crippen LogP contribution in [-0.2, 0) is 0 Å². The van der Waals surface area contributed by atoms with Crippen LogP contribution < -0.4 is 0 Å². The van der Waals surface area contributed by atoms with Gasteiger partial charge >= 0.3 is 0 Å². The summed E-state index contributed by atoms with van der Waals surface area (Å²) >= 11 is 5.06. The number of Topliss-reactive ketones (excluding diaryl/α,β-unsaturated/α-hetero) is 1. The molecule has 0 amide bonds. The molecular weight excluding hydrogens is 356 g/mol. The monoisotopic (exact) mass is 368 g/mol. The molecule has 0 N–H and O–H groups in total. The van der Waals surface area contributed by atoms with Crippen LogP contribution in [0.4, 0.5) is 0 Å². The Kier molecular flexibility index (Phi) is 4.66. The molecule has 0 spiro atoms. The van der Waals surface area contributed by atoms with Crippen molar-refractivity contribution in [1.82, 2.24) is 0 Å². The van der Waals surface area contributed by atoms with Gasteiger partial charge in [0.1, 0.15) is 0 Å². The number of allylic oxidation sites excluding steroid dienone is 1. The summed E-state index contributed by atoms with van der Waals surface area (Å²) in [5.74, 6) is 0.0383. The highest BCUT2D eigenvalue weighted by atomic mass is 79.9. The Bertz CT molecular complexity index is 787. The molecule has 0 fully saturated rings. The van der Waals surface area contributed by atoms with Gasteiger partial charge in [0.05, 0.1) is 0 Å². The van der Waals surface area contributed by atoms with Crippen molar-refractivity contribution in [3.8, 4) is 0 Å². The highest BCUT2D eigenvalue weighted by Gasteiger charge is 2.14. The topological polar surface area (TPSA) is 17.1 Å². The van der Waals surface area contributed by atoms with E-state index in [1.807, 2.05) is 78.2 Å². The fourth-order valence-corrected chi connectivity index (χ4v) is 3.09. The zero-order valence-electron chi connectivity index (χ0n) is 11.7. The van der Waals surface area contributed by atoms with E-state index >= 15 is 0 Å². The van der Waals surface area contributed by atoms with Gasteiger partial charge in [0.15, 0.2) is 5.78 Å². The SMILES string of the molecule is O=C(/C(=C/c1cccs1)c1ccc(Br)cc1)c1ccccc1. The Hall–Kier alpha value is -1.97. The maximum atomic E-state index is 12.9. The van der Waals surface area contributed by atoms with Crippen LogP contribution in [0.5, 0.6) is 0 Å². The Morgan fingerprint density at radius 3 is 2.23 bits per heavy atom. The third-order valence-corrected chi connectivity index (χ3v) is 4.61. The summed E-state index contributed by atoms with van der Waals surface area (Å²) in [5.41, 5.74) is 2.33. The van der Waals surface area contributed by atoms with Crippen molar-refractivity contribution < 1.29 is 4.79 Å². The molecule has 0 bridgehead atoms. The molecule has 0 radical (unpaired) electrons. The van der Waals surface area contributed by atoms with Crippen molar-refractivity contribution in [2.24, 2.45) is 0 Å². The number of ketones is 1. The normalized spacial score (nSPS) is 11.4. The molecule has 0 aliphatic rings. The zero-order valence-corrected chi connectivity index (χ0v) is 14.1. The molecule has 1 aromatic heterocycles. The maximum Gasteiger partial charge on any atom is 0.193 e. The predicted molar refractivity (Wildman–Crippen MR) is 97.1 cm³/mol. The Morgan fingerprint density at radius 2 is 1.59 bits per heavy atom. The Balaban J connectivity index is 2.07. The molecule has 0 saturated carbocycles. The van der Waals surface area contributed by atoms with Crippen LogP contribution in [0.3, 0.4) is 0 Å². The van der Waals surface area contributed by atoms with Gasteiger partial charge < -0.3 is 0 Å². The van der Waals surface area contributed by atoms with E-state index in [-0.39, 0.29) is 5.78 Å². The first kappa shape index (κ1) is 14.9. The lowest BCUT2D eigenvalue weighted by atomic mass is 9.96. The minimum absolute atomic E-state index is 0.0383. The number of hydrogen-bond acceptors (Lipinski definition) is 2. The second-order valence-corrected chi connectivity index (χ2v) is 6.67. The first-order valence-electron chi connectivity index (χ1n) is 6.85. The lowest BCUT2D eigenvalue weighted by molar-refractivity contribution is 0.105. The van der Waals surface area contributed by atoms with Gasteiger partial charge in [-0.05, 0) is 35.2 Å². The summed E-state index contributed by atoms with van der Waals surface area (Å²) in [6, 6.07) is 21.2. The highest BCUT2D eigenvalue weighted by molar-refractivity contribution is 9.10. The van der Waals surface area contributed by atoms with Crippen LogP contribution in [0.1, 0.15) is 20.8 Å². The van der Waals surface area contributed by atoms with Gasteiger partial charge in [0, 0.05) is 20.5 Å². The minimum atomic E-state index is 0.0383. The molecular formula is C19H13BrOS. The number of hydrogen-bond donors (Lipinski definition) is 0. The maximum absolute atomic E-state index is 12.9. The molecule has 0 saturated heterocycles. The van der Waals surface area contributed by atoms with Crippen molar-refractivity contribution in [2.45, 2.75) is 0 Å². The van der Waals surface area contributed by atoms with E-state index < -0.39 is 0 Å². The molecule has 0 aliphatic carbocycles. The molecule has 0 aliphatic heterocycles. The van der Waals surface area contributed by atoms with Crippen molar-refractivity contribution in [3.63, 3.8) is 0 Å². The zero-order chi connectivity index (χ0) is 15.4. The summed E-state index contributed by atoms with van der Waals surface area (Å²) in [6.07, 6.45) is 1.96. The Morgan fingerprint density at radius 1 is 0.864 bits per heavy atom. The van der Waals surface area contributed by atoms with Crippen molar-refractivity contribution in [2.75, 3.05) is 0 Å². The number of carbonyl (C=O) groups is 1. The number of rotatable bonds is 4. The lowest BCUT2D eigenvalue weighted by Gasteiger charge is -2.07. The van der Waals surface area contributed by atoms with Crippen LogP contribution in [0, 0.1) is 0 Å². The van der Waals surface area contributed by atoms with Crippen molar-refractivity contribution >= 4 is 44.7 Å². The molecule has 3 rings (SSSR count). The van der Waals surface area contributed by atoms with Gasteiger partial charge in [-0.1, -0.05) is 64.5 Å². The average Bonchev–Trinajstić information content (AvgIpc) is 3.07. The van der Waals surface area contributed by atoms with Crippen LogP contribution in [-0.4, -0.2) is 5.78 Å². The summed E-state index contributed by atoms with van der Waals surface area (Å²) in [6.45, 7) is 0. The van der Waals surface area contributed by atoms with Gasteiger partial charge in [-0.15, -0.1) is 11.3 Å². The molecule has 1 heterocycles.